The van der Waals surface area contributed by atoms with Crippen LogP contribution in [0.1, 0.15) is 37.9 Å². The number of pyridine rings is 1. The molecule has 3 aromatic rings. The number of methoxy groups -OCH3 is 1. The molecule has 1 aromatic heterocycles. The first-order valence-corrected chi connectivity index (χ1v) is 11.2. The lowest BCUT2D eigenvalue weighted by atomic mass is 10.1. The largest absolute Gasteiger partial charge is 1.00 e. The Morgan fingerprint density at radius 2 is 1.87 bits per heavy atom. The Morgan fingerprint density at radius 3 is 2.60 bits per heavy atom. The van der Waals surface area contributed by atoms with E-state index in [1.165, 1.54) is 37.8 Å². The van der Waals surface area contributed by atoms with Crippen LogP contribution in [-0.2, 0) is 6.54 Å². The molecule has 0 bridgehead atoms. The standard InChI is InChI=1S/C25H29N2OS.HI/c1-5-13-26-20(9-8-19-15-18(3)7-11-22(19)26)16-25-27(14-6-2)23-17-21(28-4)10-12-24(23)29-25;/h7-12,15-17H,5-6,13-14H2,1-4H3;1H/q+1;/p-1. The van der Waals surface area contributed by atoms with E-state index < -0.39 is 0 Å². The van der Waals surface area contributed by atoms with Crippen molar-refractivity contribution in [3.05, 3.63) is 64.8 Å². The summed E-state index contributed by atoms with van der Waals surface area (Å²) in [5, 5.41) is 2.59. The van der Waals surface area contributed by atoms with Crippen LogP contribution in [0.3, 0.4) is 0 Å². The molecule has 0 fully saturated rings. The van der Waals surface area contributed by atoms with E-state index in [1.807, 2.05) is 11.8 Å². The number of thioether (sulfide) groups is 1. The van der Waals surface area contributed by atoms with Crippen molar-refractivity contribution in [3.8, 4) is 5.75 Å². The van der Waals surface area contributed by atoms with Crippen LogP contribution in [0.4, 0.5) is 5.69 Å². The van der Waals surface area contributed by atoms with E-state index in [0.29, 0.717) is 0 Å². The quantitative estimate of drug-likeness (QED) is 0.359. The van der Waals surface area contributed by atoms with E-state index in [1.54, 1.807) is 7.11 Å². The van der Waals surface area contributed by atoms with Crippen LogP contribution in [0.2, 0.25) is 0 Å². The van der Waals surface area contributed by atoms with Crippen LogP contribution in [-0.4, -0.2) is 13.7 Å². The summed E-state index contributed by atoms with van der Waals surface area (Å²) in [6.07, 6.45) is 4.55. The minimum absolute atomic E-state index is 0. The molecule has 2 heterocycles. The monoisotopic (exact) mass is 532 g/mol. The molecule has 2 aromatic carbocycles. The molecular formula is C25H29IN2OS. The number of fused-ring (bicyclic) bond motifs is 2. The number of rotatable bonds is 6. The number of aryl methyl sites for hydroxylation is 2. The summed E-state index contributed by atoms with van der Waals surface area (Å²) < 4.78 is 7.92. The topological polar surface area (TPSA) is 16.4 Å². The number of nitrogens with zero attached hydrogens (tertiary/aromatic N) is 2. The van der Waals surface area contributed by atoms with Gasteiger partial charge in [-0.05, 0) is 37.6 Å². The normalized spacial score (nSPS) is 14.1. The lowest BCUT2D eigenvalue weighted by molar-refractivity contribution is -0.673. The zero-order chi connectivity index (χ0) is 20.4. The number of halogens is 1. The molecule has 1 aliphatic rings. The fourth-order valence-corrected chi connectivity index (χ4v) is 5.07. The van der Waals surface area contributed by atoms with Crippen LogP contribution in [0.15, 0.2) is 58.5 Å². The van der Waals surface area contributed by atoms with Gasteiger partial charge in [0.25, 0.3) is 0 Å². The molecule has 5 heteroatoms. The number of hydrogen-bond acceptors (Lipinski definition) is 3. The van der Waals surface area contributed by atoms with Crippen LogP contribution in [0.25, 0.3) is 17.0 Å². The third-order valence-electron chi connectivity index (χ3n) is 5.32. The molecule has 30 heavy (non-hydrogen) atoms. The average molecular weight is 532 g/mol. The Balaban J connectivity index is 0.00000256. The van der Waals surface area contributed by atoms with E-state index in [2.05, 4.69) is 84.8 Å². The zero-order valence-electron chi connectivity index (χ0n) is 18.1. The summed E-state index contributed by atoms with van der Waals surface area (Å²) >= 11 is 1.85. The summed E-state index contributed by atoms with van der Waals surface area (Å²) in [5.74, 6) is 0.911. The first-order valence-electron chi connectivity index (χ1n) is 10.4. The van der Waals surface area contributed by atoms with Crippen molar-refractivity contribution in [3.63, 3.8) is 0 Å². The van der Waals surface area contributed by atoms with Gasteiger partial charge in [-0.15, -0.1) is 0 Å². The molecule has 0 saturated heterocycles. The Labute approximate surface area is 201 Å². The SMILES string of the molecule is CCCN1/C(=C/c2ccc3cc(C)ccc3[n+]2CCC)Sc2ccc(OC)cc21.[I-]. The van der Waals surface area contributed by atoms with E-state index in [4.69, 9.17) is 4.74 Å². The molecule has 3 nitrogen and oxygen atoms in total. The van der Waals surface area contributed by atoms with Crippen LogP contribution < -0.4 is 38.2 Å². The van der Waals surface area contributed by atoms with Gasteiger partial charge in [0.05, 0.1) is 17.8 Å². The molecule has 4 rings (SSSR count). The van der Waals surface area contributed by atoms with Gasteiger partial charge in [-0.25, -0.2) is 0 Å². The van der Waals surface area contributed by atoms with Crippen molar-refractivity contribution in [2.24, 2.45) is 0 Å². The zero-order valence-corrected chi connectivity index (χ0v) is 21.1. The van der Waals surface area contributed by atoms with Crippen LogP contribution >= 0.6 is 11.8 Å². The van der Waals surface area contributed by atoms with Crippen molar-refractivity contribution in [2.75, 3.05) is 18.6 Å². The highest BCUT2D eigenvalue weighted by Gasteiger charge is 2.26. The molecule has 0 spiro atoms. The highest BCUT2D eigenvalue weighted by atomic mass is 127. The van der Waals surface area contributed by atoms with E-state index in [0.717, 1.165) is 31.7 Å². The molecule has 0 amide bonds. The predicted octanol–water partition coefficient (Wildman–Crippen LogP) is 3.18. The third kappa shape index (κ3) is 4.47. The van der Waals surface area contributed by atoms with Gasteiger partial charge in [0.1, 0.15) is 12.3 Å². The van der Waals surface area contributed by atoms with Gasteiger partial charge in [-0.3, -0.25) is 0 Å². The molecule has 0 N–H and O–H groups in total. The first kappa shape index (κ1) is 22.9. The van der Waals surface area contributed by atoms with Gasteiger partial charge >= 0.3 is 0 Å². The summed E-state index contributed by atoms with van der Waals surface area (Å²) in [5.41, 5.74) is 5.11. The van der Waals surface area contributed by atoms with Gasteiger partial charge in [0.15, 0.2) is 0 Å². The fourth-order valence-electron chi connectivity index (χ4n) is 3.95. The van der Waals surface area contributed by atoms with Crippen molar-refractivity contribution < 1.29 is 33.3 Å². The minimum Gasteiger partial charge on any atom is -1.00 e. The van der Waals surface area contributed by atoms with Gasteiger partial charge in [0.2, 0.25) is 11.2 Å². The fraction of sp³-hybridized carbons (Fsp3) is 0.320. The second kappa shape index (κ2) is 10.1. The number of aromatic nitrogens is 1. The Bertz CT molecular complexity index is 1080. The summed E-state index contributed by atoms with van der Waals surface area (Å²) in [6.45, 7) is 8.64. The lowest BCUT2D eigenvalue weighted by Gasteiger charge is -2.20. The number of benzene rings is 2. The third-order valence-corrected chi connectivity index (χ3v) is 6.43. The predicted molar refractivity (Wildman–Crippen MR) is 124 cm³/mol. The van der Waals surface area contributed by atoms with E-state index >= 15 is 0 Å². The van der Waals surface area contributed by atoms with Gasteiger partial charge in [0, 0.05) is 47.5 Å². The molecule has 0 radical (unpaired) electrons. The van der Waals surface area contributed by atoms with Gasteiger partial charge in [-0.2, -0.15) is 4.57 Å². The highest BCUT2D eigenvalue weighted by molar-refractivity contribution is 8.03. The number of anilines is 1. The maximum Gasteiger partial charge on any atom is 0.212 e. The highest BCUT2D eigenvalue weighted by Crippen LogP contribution is 2.47. The van der Waals surface area contributed by atoms with Crippen molar-refractivity contribution in [2.45, 2.75) is 45.1 Å². The van der Waals surface area contributed by atoms with Gasteiger partial charge in [-0.1, -0.05) is 37.2 Å². The van der Waals surface area contributed by atoms with E-state index in [-0.39, 0.29) is 24.0 Å². The molecule has 0 atom stereocenters. The second-order valence-corrected chi connectivity index (χ2v) is 8.60. The van der Waals surface area contributed by atoms with Crippen molar-refractivity contribution in [1.29, 1.82) is 0 Å². The smallest absolute Gasteiger partial charge is 0.212 e. The van der Waals surface area contributed by atoms with Crippen LogP contribution in [0, 0.1) is 6.92 Å². The summed E-state index contributed by atoms with van der Waals surface area (Å²) in [4.78, 5) is 3.72. The molecule has 158 valence electrons. The molecule has 0 saturated carbocycles. The summed E-state index contributed by atoms with van der Waals surface area (Å²) in [6, 6.07) is 17.6. The Morgan fingerprint density at radius 1 is 1.03 bits per heavy atom. The van der Waals surface area contributed by atoms with E-state index in [9.17, 15) is 0 Å². The van der Waals surface area contributed by atoms with Gasteiger partial charge < -0.3 is 33.6 Å². The second-order valence-electron chi connectivity index (χ2n) is 7.54. The Hall–Kier alpha value is -1.73. The Kier molecular flexibility index (Phi) is 7.69. The summed E-state index contributed by atoms with van der Waals surface area (Å²) in [7, 11) is 1.73. The average Bonchev–Trinajstić information content (AvgIpc) is 3.06. The van der Waals surface area contributed by atoms with Crippen molar-refractivity contribution >= 4 is 34.4 Å². The number of hydrogen-bond donors (Lipinski definition) is 0. The maximum absolute atomic E-state index is 5.47. The number of ether oxygens (including phenoxy) is 1. The molecule has 1 aliphatic heterocycles. The molecule has 0 unspecified atom stereocenters. The minimum atomic E-state index is 0. The lowest BCUT2D eigenvalue weighted by Crippen LogP contribution is -3.00. The maximum atomic E-state index is 5.47. The van der Waals surface area contributed by atoms with Crippen molar-refractivity contribution in [1.82, 2.24) is 0 Å². The first-order chi connectivity index (χ1) is 14.1. The molecular weight excluding hydrogens is 503 g/mol. The van der Waals surface area contributed by atoms with Crippen LogP contribution in [0.5, 0.6) is 5.75 Å². The molecule has 0 aliphatic carbocycles.